The Bertz CT molecular complexity index is 866. The van der Waals surface area contributed by atoms with Crippen LogP contribution in [0.4, 0.5) is 0 Å². The van der Waals surface area contributed by atoms with Crippen LogP contribution in [0.3, 0.4) is 0 Å². The number of hydrogen-bond acceptors (Lipinski definition) is 5. The van der Waals surface area contributed by atoms with Crippen molar-refractivity contribution in [1.82, 2.24) is 0 Å². The summed E-state index contributed by atoms with van der Waals surface area (Å²) in [6.45, 7) is 5.94. The highest BCUT2D eigenvalue weighted by Crippen LogP contribution is 2.54. The van der Waals surface area contributed by atoms with Crippen LogP contribution in [0.1, 0.15) is 38.2 Å². The van der Waals surface area contributed by atoms with Gasteiger partial charge in [0.15, 0.2) is 17.3 Å². The molecule has 29 heavy (non-hydrogen) atoms. The number of allylic oxidation sites excluding steroid dienone is 3. The normalized spacial score (nSPS) is 27.8. The van der Waals surface area contributed by atoms with E-state index in [1.54, 1.807) is 39.5 Å². The van der Waals surface area contributed by atoms with E-state index >= 15 is 0 Å². The molecular formula is C24H30O5. The van der Waals surface area contributed by atoms with Crippen molar-refractivity contribution in [2.24, 2.45) is 11.3 Å². The number of ketones is 1. The van der Waals surface area contributed by atoms with Gasteiger partial charge in [0.2, 0.25) is 0 Å². The molecule has 0 amide bonds. The molecule has 0 aromatic heterocycles. The van der Waals surface area contributed by atoms with E-state index < -0.39 is 11.5 Å². The van der Waals surface area contributed by atoms with Crippen molar-refractivity contribution < 1.29 is 24.1 Å². The first-order valence-electron chi connectivity index (χ1n) is 9.98. The van der Waals surface area contributed by atoms with E-state index in [4.69, 9.17) is 14.2 Å². The molecule has 2 aliphatic carbocycles. The van der Waals surface area contributed by atoms with Gasteiger partial charge in [0.1, 0.15) is 5.75 Å². The highest BCUT2D eigenvalue weighted by atomic mass is 16.5. The predicted molar refractivity (Wildman–Crippen MR) is 113 cm³/mol. The van der Waals surface area contributed by atoms with Gasteiger partial charge in [-0.3, -0.25) is 4.79 Å². The fourth-order valence-electron chi connectivity index (χ4n) is 4.91. The maximum atomic E-state index is 13.0. The average molecular weight is 398 g/mol. The summed E-state index contributed by atoms with van der Waals surface area (Å²) in [5, 5.41) is 11.0. The first-order valence-corrected chi connectivity index (χ1v) is 9.98. The molecule has 5 heteroatoms. The van der Waals surface area contributed by atoms with E-state index in [1.165, 1.54) is 0 Å². The maximum Gasteiger partial charge on any atom is 0.182 e. The van der Waals surface area contributed by atoms with E-state index in [2.05, 4.69) is 6.58 Å². The molecule has 1 aromatic rings. The number of carbonyl (C=O) groups is 1. The standard InChI is InChI=1S/C24H30O5/c1-6-10-24-15(2)18(19(25)13-17(24)8-7-9-23(24)26)11-16-12-21(28-4)22(29-5)14-20(16)27-3/h6,11-15,23,26H,1,7-10H2,2-5H3/t15-,23-,24-/m0/s1. The molecule has 1 aromatic carbocycles. The van der Waals surface area contributed by atoms with E-state index in [0.29, 0.717) is 29.2 Å². The number of rotatable bonds is 6. The Hall–Kier alpha value is -2.53. The summed E-state index contributed by atoms with van der Waals surface area (Å²) >= 11 is 0. The molecular weight excluding hydrogens is 368 g/mol. The van der Waals surface area contributed by atoms with Gasteiger partial charge in [0, 0.05) is 22.6 Å². The molecule has 1 N–H and O–H groups in total. The topological polar surface area (TPSA) is 65.0 Å². The van der Waals surface area contributed by atoms with Gasteiger partial charge in [-0.05, 0) is 49.8 Å². The van der Waals surface area contributed by atoms with Crippen LogP contribution in [-0.4, -0.2) is 38.3 Å². The highest BCUT2D eigenvalue weighted by molar-refractivity contribution is 6.09. The lowest BCUT2D eigenvalue weighted by Crippen LogP contribution is -2.48. The zero-order chi connectivity index (χ0) is 21.2. The van der Waals surface area contributed by atoms with Crippen LogP contribution >= 0.6 is 0 Å². The molecule has 0 bridgehead atoms. The summed E-state index contributed by atoms with van der Waals surface area (Å²) in [6.07, 6.45) is 8.04. The van der Waals surface area contributed by atoms with Crippen molar-refractivity contribution in [1.29, 1.82) is 0 Å². The number of ether oxygens (including phenoxy) is 3. The second-order valence-electron chi connectivity index (χ2n) is 7.75. The van der Waals surface area contributed by atoms with E-state index in [1.807, 2.05) is 19.1 Å². The SMILES string of the molecule is C=CC[C@@]12C(=CC(=O)C(=Cc3cc(OC)c(OC)cc3OC)[C@@H]1C)CCC[C@@H]2O. The minimum atomic E-state index is -0.501. The minimum absolute atomic E-state index is 0.0156. The first kappa shape index (κ1) is 21.2. The number of hydrogen-bond donors (Lipinski definition) is 1. The average Bonchev–Trinajstić information content (AvgIpc) is 2.72. The third-order valence-corrected chi connectivity index (χ3v) is 6.47. The van der Waals surface area contributed by atoms with Crippen LogP contribution in [0.5, 0.6) is 17.2 Å². The Morgan fingerprint density at radius 2 is 1.83 bits per heavy atom. The van der Waals surface area contributed by atoms with Crippen LogP contribution in [0.15, 0.2) is 42.0 Å². The van der Waals surface area contributed by atoms with Crippen LogP contribution in [0.25, 0.3) is 6.08 Å². The molecule has 2 aliphatic rings. The van der Waals surface area contributed by atoms with Crippen molar-refractivity contribution in [3.05, 3.63) is 47.6 Å². The van der Waals surface area contributed by atoms with E-state index in [9.17, 15) is 9.90 Å². The first-order chi connectivity index (χ1) is 13.9. The molecule has 156 valence electrons. The van der Waals surface area contributed by atoms with Gasteiger partial charge in [-0.25, -0.2) is 0 Å². The van der Waals surface area contributed by atoms with Gasteiger partial charge in [0.25, 0.3) is 0 Å². The zero-order valence-electron chi connectivity index (χ0n) is 17.7. The Morgan fingerprint density at radius 1 is 1.17 bits per heavy atom. The number of fused-ring (bicyclic) bond motifs is 1. The Kier molecular flexibility index (Phi) is 6.18. The molecule has 0 radical (unpaired) electrons. The monoisotopic (exact) mass is 398 g/mol. The Labute approximate surface area is 172 Å². The molecule has 3 rings (SSSR count). The number of carbonyl (C=O) groups excluding carboxylic acids is 1. The summed E-state index contributed by atoms with van der Waals surface area (Å²) in [6, 6.07) is 3.56. The van der Waals surface area contributed by atoms with Crippen molar-refractivity contribution in [3.63, 3.8) is 0 Å². The quantitative estimate of drug-likeness (QED) is 0.570. The summed E-state index contributed by atoms with van der Waals surface area (Å²) in [5.74, 6) is 1.54. The molecule has 3 atom stereocenters. The van der Waals surface area contributed by atoms with Crippen molar-refractivity contribution in [2.75, 3.05) is 21.3 Å². The molecule has 0 saturated heterocycles. The second kappa shape index (κ2) is 8.46. The predicted octanol–water partition coefficient (Wildman–Crippen LogP) is 4.35. The van der Waals surface area contributed by atoms with Gasteiger partial charge in [-0.2, -0.15) is 0 Å². The lowest BCUT2D eigenvalue weighted by molar-refractivity contribution is -0.113. The zero-order valence-corrected chi connectivity index (χ0v) is 17.7. The lowest BCUT2D eigenvalue weighted by atomic mass is 9.55. The van der Waals surface area contributed by atoms with Gasteiger partial charge in [-0.1, -0.05) is 18.6 Å². The van der Waals surface area contributed by atoms with Gasteiger partial charge < -0.3 is 19.3 Å². The van der Waals surface area contributed by atoms with Gasteiger partial charge in [0.05, 0.1) is 27.4 Å². The van der Waals surface area contributed by atoms with Gasteiger partial charge in [-0.15, -0.1) is 6.58 Å². The third-order valence-electron chi connectivity index (χ3n) is 6.47. The molecule has 0 spiro atoms. The van der Waals surface area contributed by atoms with E-state index in [0.717, 1.165) is 30.4 Å². The molecule has 0 aliphatic heterocycles. The summed E-state index contributed by atoms with van der Waals surface area (Å²) < 4.78 is 16.3. The smallest absolute Gasteiger partial charge is 0.182 e. The Balaban J connectivity index is 2.16. The summed E-state index contributed by atoms with van der Waals surface area (Å²) in [5.41, 5.74) is 1.95. The number of methoxy groups -OCH3 is 3. The van der Waals surface area contributed by atoms with Crippen LogP contribution in [0, 0.1) is 11.3 Å². The van der Waals surface area contributed by atoms with Crippen molar-refractivity contribution in [3.8, 4) is 17.2 Å². The van der Waals surface area contributed by atoms with Gasteiger partial charge >= 0.3 is 0 Å². The van der Waals surface area contributed by atoms with Crippen LogP contribution < -0.4 is 14.2 Å². The summed E-state index contributed by atoms with van der Waals surface area (Å²) in [7, 11) is 4.72. The fraction of sp³-hybridized carbons (Fsp3) is 0.458. The summed E-state index contributed by atoms with van der Waals surface area (Å²) in [4.78, 5) is 13.0. The highest BCUT2D eigenvalue weighted by Gasteiger charge is 2.51. The number of benzene rings is 1. The minimum Gasteiger partial charge on any atom is -0.496 e. The Morgan fingerprint density at radius 3 is 2.45 bits per heavy atom. The van der Waals surface area contributed by atoms with Crippen LogP contribution in [-0.2, 0) is 4.79 Å². The molecule has 0 heterocycles. The fourth-order valence-corrected chi connectivity index (χ4v) is 4.91. The second-order valence-corrected chi connectivity index (χ2v) is 7.75. The van der Waals surface area contributed by atoms with Crippen LogP contribution in [0.2, 0.25) is 0 Å². The molecule has 1 fully saturated rings. The lowest BCUT2D eigenvalue weighted by Gasteiger charge is -2.50. The molecule has 5 nitrogen and oxygen atoms in total. The largest absolute Gasteiger partial charge is 0.496 e. The van der Waals surface area contributed by atoms with Crippen molar-refractivity contribution >= 4 is 11.9 Å². The number of aliphatic hydroxyl groups is 1. The van der Waals surface area contributed by atoms with Crippen molar-refractivity contribution in [2.45, 2.75) is 38.7 Å². The number of aliphatic hydroxyl groups excluding tert-OH is 1. The van der Waals surface area contributed by atoms with E-state index in [-0.39, 0.29) is 11.7 Å². The maximum absolute atomic E-state index is 13.0. The third kappa shape index (κ3) is 3.48. The molecule has 1 saturated carbocycles. The molecule has 0 unspecified atom stereocenters.